The Hall–Kier alpha value is -2.18. The molecule has 1 amide bonds. The zero-order valence-electron chi connectivity index (χ0n) is 10.6. The molecule has 1 aromatic carbocycles. The predicted molar refractivity (Wildman–Crippen MR) is 67.0 cm³/mol. The summed E-state index contributed by atoms with van der Waals surface area (Å²) in [5, 5.41) is 0. The van der Waals surface area contributed by atoms with E-state index in [1.54, 1.807) is 13.8 Å². The minimum Gasteiger partial charge on any atom is -0.369 e. The first-order valence-corrected chi connectivity index (χ1v) is 5.63. The number of imidazole rings is 1. The van der Waals surface area contributed by atoms with Gasteiger partial charge in [0.25, 0.3) is 0 Å². The number of nitrogen functional groups attached to an aromatic ring is 1. The summed E-state index contributed by atoms with van der Waals surface area (Å²) in [5.41, 5.74) is 10.2. The van der Waals surface area contributed by atoms with Crippen molar-refractivity contribution in [2.45, 2.75) is 20.4 Å². The van der Waals surface area contributed by atoms with Gasteiger partial charge in [0.05, 0.1) is 10.9 Å². The van der Waals surface area contributed by atoms with Crippen molar-refractivity contribution >= 4 is 22.9 Å². The number of primary amides is 1. The van der Waals surface area contributed by atoms with Crippen LogP contribution >= 0.6 is 0 Å². The Morgan fingerprint density at radius 2 is 2.05 bits per heavy atom. The van der Waals surface area contributed by atoms with Crippen LogP contribution in [0.2, 0.25) is 0 Å². The van der Waals surface area contributed by atoms with E-state index in [-0.39, 0.29) is 23.5 Å². The van der Waals surface area contributed by atoms with E-state index in [1.165, 1.54) is 4.57 Å². The minimum atomic E-state index is -0.912. The van der Waals surface area contributed by atoms with Crippen LogP contribution in [0.15, 0.2) is 12.1 Å². The monoisotopic (exact) mass is 268 g/mol. The van der Waals surface area contributed by atoms with Crippen LogP contribution in [-0.4, -0.2) is 15.5 Å². The quantitative estimate of drug-likeness (QED) is 0.882. The van der Waals surface area contributed by atoms with Crippen molar-refractivity contribution in [3.05, 3.63) is 23.8 Å². The number of nitrogens with zero attached hydrogens (tertiary/aromatic N) is 2. The number of fused-ring (bicyclic) bond motifs is 1. The van der Waals surface area contributed by atoms with Gasteiger partial charge >= 0.3 is 0 Å². The van der Waals surface area contributed by atoms with Crippen molar-refractivity contribution < 1.29 is 13.6 Å². The van der Waals surface area contributed by atoms with Gasteiger partial charge in [0.15, 0.2) is 5.82 Å². The lowest BCUT2D eigenvalue weighted by atomic mass is 9.92. The Kier molecular flexibility index (Phi) is 2.92. The van der Waals surface area contributed by atoms with Crippen molar-refractivity contribution in [2.75, 3.05) is 5.73 Å². The summed E-state index contributed by atoms with van der Waals surface area (Å²) in [6.45, 7) is 3.33. The third-order valence-electron chi connectivity index (χ3n) is 3.02. The summed E-state index contributed by atoms with van der Waals surface area (Å²) in [7, 11) is 0. The molecule has 0 fully saturated rings. The highest BCUT2D eigenvalue weighted by atomic mass is 19.1. The smallest absolute Gasteiger partial charge is 0.224 e. The fraction of sp³-hybridized carbons (Fsp3) is 0.333. The molecule has 0 aliphatic heterocycles. The van der Waals surface area contributed by atoms with Crippen LogP contribution in [0.25, 0.3) is 11.0 Å². The van der Waals surface area contributed by atoms with Crippen LogP contribution in [0.5, 0.6) is 0 Å². The van der Waals surface area contributed by atoms with Crippen molar-refractivity contribution in [3.63, 3.8) is 0 Å². The molecule has 0 aliphatic carbocycles. The standard InChI is InChI=1S/C12H14F2N4O/c1-12(2,10(15)19)5-18-8-4-6(13)3-7(14)9(8)17-11(18)16/h3-4H,5H2,1-2H3,(H2,15,19)(H2,16,17). The van der Waals surface area contributed by atoms with Gasteiger partial charge in [-0.25, -0.2) is 13.8 Å². The maximum atomic E-state index is 13.6. The minimum absolute atomic E-state index is 0.00817. The van der Waals surface area contributed by atoms with E-state index < -0.39 is 23.0 Å². The van der Waals surface area contributed by atoms with Gasteiger partial charge < -0.3 is 16.0 Å². The van der Waals surface area contributed by atoms with Crippen molar-refractivity contribution in [1.82, 2.24) is 9.55 Å². The second-order valence-corrected chi connectivity index (χ2v) is 5.06. The van der Waals surface area contributed by atoms with E-state index in [2.05, 4.69) is 4.98 Å². The highest BCUT2D eigenvalue weighted by Gasteiger charge is 2.28. The lowest BCUT2D eigenvalue weighted by molar-refractivity contribution is -0.126. The molecule has 0 bridgehead atoms. The van der Waals surface area contributed by atoms with Gasteiger partial charge in [0.2, 0.25) is 11.9 Å². The largest absolute Gasteiger partial charge is 0.369 e. The molecule has 4 N–H and O–H groups in total. The van der Waals surface area contributed by atoms with E-state index in [0.29, 0.717) is 0 Å². The van der Waals surface area contributed by atoms with Gasteiger partial charge in [-0.1, -0.05) is 0 Å². The Morgan fingerprint density at radius 1 is 1.42 bits per heavy atom. The molecule has 0 atom stereocenters. The Labute approximate surface area is 108 Å². The topological polar surface area (TPSA) is 86.9 Å². The SMILES string of the molecule is CC(C)(Cn1c(N)nc2c(F)cc(F)cc21)C(N)=O. The Balaban J connectivity index is 2.61. The molecule has 0 aliphatic rings. The fourth-order valence-corrected chi connectivity index (χ4v) is 1.81. The lowest BCUT2D eigenvalue weighted by Crippen LogP contribution is -2.35. The predicted octanol–water partition coefficient (Wildman–Crippen LogP) is 1.41. The van der Waals surface area contributed by atoms with Crippen molar-refractivity contribution in [1.29, 1.82) is 0 Å². The van der Waals surface area contributed by atoms with Gasteiger partial charge in [-0.2, -0.15) is 0 Å². The van der Waals surface area contributed by atoms with Crippen LogP contribution < -0.4 is 11.5 Å². The molecule has 19 heavy (non-hydrogen) atoms. The first-order chi connectivity index (χ1) is 8.72. The summed E-state index contributed by atoms with van der Waals surface area (Å²) in [6.07, 6.45) is 0. The number of nitrogens with two attached hydrogens (primary N) is 2. The number of anilines is 1. The number of benzene rings is 1. The van der Waals surface area contributed by atoms with Crippen molar-refractivity contribution in [3.8, 4) is 0 Å². The number of halogens is 2. The maximum Gasteiger partial charge on any atom is 0.224 e. The number of hydrogen-bond donors (Lipinski definition) is 2. The summed E-state index contributed by atoms with van der Waals surface area (Å²) in [6, 6.07) is 1.86. The third-order valence-corrected chi connectivity index (χ3v) is 3.02. The van der Waals surface area contributed by atoms with E-state index in [4.69, 9.17) is 11.5 Å². The van der Waals surface area contributed by atoms with Gasteiger partial charge in [-0.3, -0.25) is 4.79 Å². The molecule has 0 unspecified atom stereocenters. The fourth-order valence-electron chi connectivity index (χ4n) is 1.81. The van der Waals surface area contributed by atoms with Crippen LogP contribution in [0.4, 0.5) is 14.7 Å². The Bertz CT molecular complexity index is 663. The van der Waals surface area contributed by atoms with Gasteiger partial charge in [0, 0.05) is 18.7 Å². The van der Waals surface area contributed by atoms with Gasteiger partial charge in [-0.05, 0) is 13.8 Å². The number of aromatic nitrogens is 2. The summed E-state index contributed by atoms with van der Waals surface area (Å²) in [4.78, 5) is 15.2. The molecule has 2 aromatic rings. The van der Waals surface area contributed by atoms with Gasteiger partial charge in [0.1, 0.15) is 11.3 Å². The van der Waals surface area contributed by atoms with Crippen LogP contribution in [0.1, 0.15) is 13.8 Å². The highest BCUT2D eigenvalue weighted by molar-refractivity contribution is 5.82. The lowest BCUT2D eigenvalue weighted by Gasteiger charge is -2.21. The van der Waals surface area contributed by atoms with Gasteiger partial charge in [-0.15, -0.1) is 0 Å². The molecule has 0 saturated heterocycles. The average Bonchev–Trinajstić information content (AvgIpc) is 2.56. The highest BCUT2D eigenvalue weighted by Crippen LogP contribution is 2.26. The summed E-state index contributed by atoms with van der Waals surface area (Å²) in [5.74, 6) is -2.06. The molecule has 7 heteroatoms. The number of rotatable bonds is 3. The van der Waals surface area contributed by atoms with Crippen LogP contribution in [0, 0.1) is 17.0 Å². The second-order valence-electron chi connectivity index (χ2n) is 5.06. The van der Waals surface area contributed by atoms with Crippen molar-refractivity contribution in [2.24, 2.45) is 11.1 Å². The molecule has 0 radical (unpaired) electrons. The maximum absolute atomic E-state index is 13.6. The van der Waals surface area contributed by atoms with E-state index in [0.717, 1.165) is 12.1 Å². The third kappa shape index (κ3) is 2.23. The normalized spacial score (nSPS) is 12.0. The van der Waals surface area contributed by atoms with E-state index in [9.17, 15) is 13.6 Å². The zero-order chi connectivity index (χ0) is 14.4. The second kappa shape index (κ2) is 4.18. The molecule has 1 aromatic heterocycles. The molecule has 102 valence electrons. The zero-order valence-corrected chi connectivity index (χ0v) is 10.6. The Morgan fingerprint density at radius 3 is 2.63 bits per heavy atom. The summed E-state index contributed by atoms with van der Waals surface area (Å²) < 4.78 is 28.2. The molecule has 0 spiro atoms. The van der Waals surface area contributed by atoms with Crippen LogP contribution in [0.3, 0.4) is 0 Å². The number of carbonyl (C=O) groups excluding carboxylic acids is 1. The molecular weight excluding hydrogens is 254 g/mol. The number of hydrogen-bond acceptors (Lipinski definition) is 3. The molecule has 2 rings (SSSR count). The van der Waals surface area contributed by atoms with E-state index in [1.807, 2.05) is 0 Å². The molecule has 0 saturated carbocycles. The van der Waals surface area contributed by atoms with E-state index >= 15 is 0 Å². The molecule has 5 nitrogen and oxygen atoms in total. The first-order valence-electron chi connectivity index (χ1n) is 5.63. The van der Waals surface area contributed by atoms with Crippen LogP contribution in [-0.2, 0) is 11.3 Å². The molecular formula is C12H14F2N4O. The number of amides is 1. The number of carbonyl (C=O) groups is 1. The molecule has 1 heterocycles. The summed E-state index contributed by atoms with van der Waals surface area (Å²) >= 11 is 0. The average molecular weight is 268 g/mol. The first kappa shape index (κ1) is 13.3.